The Kier molecular flexibility index (Phi) is 4.97. The molecule has 0 aliphatic carbocycles. The highest BCUT2D eigenvalue weighted by Gasteiger charge is 2.35. The molecule has 1 amide bonds. The molecule has 2 aliphatic rings. The number of rotatable bonds is 4. The van der Waals surface area contributed by atoms with Crippen molar-refractivity contribution in [2.45, 2.75) is 12.1 Å². The summed E-state index contributed by atoms with van der Waals surface area (Å²) >= 11 is 0. The van der Waals surface area contributed by atoms with Crippen LogP contribution in [0, 0.1) is 0 Å². The Bertz CT molecular complexity index is 449. The molecule has 2 atom stereocenters. The maximum absolute atomic E-state index is 12.1. The molecule has 0 radical (unpaired) electrons. The van der Waals surface area contributed by atoms with E-state index in [1.807, 2.05) is 4.90 Å². The molecule has 0 spiro atoms. The molecule has 8 nitrogen and oxygen atoms in total. The number of aliphatic hydroxyl groups excluding tert-OH is 1. The standard InChI is InChI=1S/C11H21N3O5S/c1-20(17,18)12-9-6-14(7-10(9)15)11(16)8-13-2-4-19-5-3-13/h9-10,12,15H,2-8H2,1H3/t9-,10-/m1/s1. The Morgan fingerprint density at radius 2 is 2.00 bits per heavy atom. The van der Waals surface area contributed by atoms with E-state index in [9.17, 15) is 18.3 Å². The third kappa shape index (κ3) is 4.38. The van der Waals surface area contributed by atoms with Crippen molar-refractivity contribution in [1.29, 1.82) is 0 Å². The van der Waals surface area contributed by atoms with E-state index < -0.39 is 22.2 Å². The van der Waals surface area contributed by atoms with E-state index in [0.717, 1.165) is 6.26 Å². The van der Waals surface area contributed by atoms with E-state index in [-0.39, 0.29) is 25.5 Å². The second kappa shape index (κ2) is 6.35. The Morgan fingerprint density at radius 1 is 1.35 bits per heavy atom. The monoisotopic (exact) mass is 307 g/mol. The number of morpholine rings is 1. The van der Waals surface area contributed by atoms with E-state index >= 15 is 0 Å². The molecule has 116 valence electrons. The molecule has 2 fully saturated rings. The van der Waals surface area contributed by atoms with Crippen molar-refractivity contribution >= 4 is 15.9 Å². The second-order valence-electron chi connectivity index (χ2n) is 5.25. The van der Waals surface area contributed by atoms with Crippen LogP contribution in [-0.2, 0) is 19.6 Å². The molecule has 2 rings (SSSR count). The lowest BCUT2D eigenvalue weighted by Crippen LogP contribution is -2.45. The minimum absolute atomic E-state index is 0.0937. The number of ether oxygens (including phenoxy) is 1. The predicted molar refractivity (Wildman–Crippen MR) is 71.6 cm³/mol. The third-order valence-corrected chi connectivity index (χ3v) is 4.20. The van der Waals surface area contributed by atoms with Gasteiger partial charge >= 0.3 is 0 Å². The first kappa shape index (κ1) is 15.6. The lowest BCUT2D eigenvalue weighted by Gasteiger charge is -2.27. The smallest absolute Gasteiger partial charge is 0.236 e. The summed E-state index contributed by atoms with van der Waals surface area (Å²) in [6.45, 7) is 3.32. The number of carbonyl (C=O) groups excluding carboxylic acids is 1. The molecule has 0 aromatic heterocycles. The summed E-state index contributed by atoms with van der Waals surface area (Å²) in [4.78, 5) is 15.6. The van der Waals surface area contributed by atoms with Crippen LogP contribution in [0.5, 0.6) is 0 Å². The van der Waals surface area contributed by atoms with Crippen LogP contribution in [0.1, 0.15) is 0 Å². The molecular weight excluding hydrogens is 286 g/mol. The number of carbonyl (C=O) groups is 1. The van der Waals surface area contributed by atoms with Gasteiger partial charge in [-0.25, -0.2) is 13.1 Å². The number of hydrogen-bond acceptors (Lipinski definition) is 6. The summed E-state index contributed by atoms with van der Waals surface area (Å²) in [7, 11) is -3.39. The van der Waals surface area contributed by atoms with Gasteiger partial charge in [-0.05, 0) is 0 Å². The maximum atomic E-state index is 12.1. The fourth-order valence-electron chi connectivity index (χ4n) is 2.43. The number of hydrogen-bond donors (Lipinski definition) is 2. The highest BCUT2D eigenvalue weighted by Crippen LogP contribution is 2.12. The zero-order valence-corrected chi connectivity index (χ0v) is 12.3. The van der Waals surface area contributed by atoms with Gasteiger partial charge in [0.15, 0.2) is 0 Å². The van der Waals surface area contributed by atoms with Crippen LogP contribution in [0.25, 0.3) is 0 Å². The number of aliphatic hydroxyl groups is 1. The lowest BCUT2D eigenvalue weighted by atomic mass is 10.2. The first-order valence-corrected chi connectivity index (χ1v) is 8.47. The summed E-state index contributed by atoms with van der Waals surface area (Å²) < 4.78 is 29.9. The zero-order chi connectivity index (χ0) is 14.8. The van der Waals surface area contributed by atoms with E-state index in [4.69, 9.17) is 4.74 Å². The molecule has 0 aromatic carbocycles. The van der Waals surface area contributed by atoms with Gasteiger partial charge in [0.2, 0.25) is 15.9 Å². The van der Waals surface area contributed by atoms with E-state index in [1.54, 1.807) is 0 Å². The molecular formula is C11H21N3O5S. The molecule has 2 saturated heterocycles. The van der Waals surface area contributed by atoms with Crippen LogP contribution >= 0.6 is 0 Å². The van der Waals surface area contributed by atoms with Crippen molar-refractivity contribution in [3.05, 3.63) is 0 Å². The third-order valence-electron chi connectivity index (χ3n) is 3.47. The number of β-amino-alcohol motifs (C(OH)–C–C–N with tert-alkyl or cyclic N) is 1. The normalized spacial score (nSPS) is 28.8. The summed E-state index contributed by atoms with van der Waals surface area (Å²) in [5.41, 5.74) is 0. The van der Waals surface area contributed by atoms with Crippen molar-refractivity contribution in [1.82, 2.24) is 14.5 Å². The average molecular weight is 307 g/mol. The quantitative estimate of drug-likeness (QED) is 0.593. The summed E-state index contributed by atoms with van der Waals surface area (Å²) in [6.07, 6.45) is 0.177. The number of nitrogens with one attached hydrogen (secondary N) is 1. The molecule has 20 heavy (non-hydrogen) atoms. The van der Waals surface area contributed by atoms with Gasteiger partial charge in [-0.3, -0.25) is 9.69 Å². The van der Waals surface area contributed by atoms with E-state index in [1.165, 1.54) is 4.90 Å². The summed E-state index contributed by atoms with van der Waals surface area (Å²) in [6, 6.07) is -0.626. The topological polar surface area (TPSA) is 99.2 Å². The minimum atomic E-state index is -3.39. The molecule has 0 bridgehead atoms. The fourth-order valence-corrected chi connectivity index (χ4v) is 3.21. The zero-order valence-electron chi connectivity index (χ0n) is 11.5. The van der Waals surface area contributed by atoms with Gasteiger partial charge in [0.05, 0.1) is 38.2 Å². The Balaban J connectivity index is 1.85. The van der Waals surface area contributed by atoms with Crippen LogP contribution in [0.4, 0.5) is 0 Å². The number of sulfonamides is 1. The maximum Gasteiger partial charge on any atom is 0.236 e. The predicted octanol–water partition coefficient (Wildman–Crippen LogP) is -2.56. The highest BCUT2D eigenvalue weighted by molar-refractivity contribution is 7.88. The average Bonchev–Trinajstić information content (AvgIpc) is 2.70. The summed E-state index contributed by atoms with van der Waals surface area (Å²) in [5, 5.41) is 9.82. The molecule has 0 aromatic rings. The van der Waals surface area contributed by atoms with Crippen molar-refractivity contribution < 1.29 is 23.1 Å². The van der Waals surface area contributed by atoms with Gasteiger partial charge in [-0.2, -0.15) is 0 Å². The van der Waals surface area contributed by atoms with Gasteiger partial charge in [-0.1, -0.05) is 0 Å². The first-order chi connectivity index (χ1) is 9.35. The van der Waals surface area contributed by atoms with Gasteiger partial charge in [0, 0.05) is 26.2 Å². The molecule has 0 unspecified atom stereocenters. The van der Waals surface area contributed by atoms with Crippen LogP contribution in [0.2, 0.25) is 0 Å². The van der Waals surface area contributed by atoms with Crippen molar-refractivity contribution in [2.24, 2.45) is 0 Å². The molecule has 2 aliphatic heterocycles. The number of amides is 1. The van der Waals surface area contributed by atoms with Crippen LogP contribution < -0.4 is 4.72 Å². The van der Waals surface area contributed by atoms with Gasteiger partial charge in [0.25, 0.3) is 0 Å². The largest absolute Gasteiger partial charge is 0.390 e. The molecule has 0 saturated carbocycles. The van der Waals surface area contributed by atoms with Crippen molar-refractivity contribution in [2.75, 3.05) is 52.2 Å². The first-order valence-electron chi connectivity index (χ1n) is 6.58. The Labute approximate surface area is 118 Å². The van der Waals surface area contributed by atoms with Crippen LogP contribution in [0.15, 0.2) is 0 Å². The van der Waals surface area contributed by atoms with Crippen LogP contribution in [-0.4, -0.2) is 93.6 Å². The number of likely N-dealkylation sites (tertiary alicyclic amines) is 1. The molecule has 2 N–H and O–H groups in total. The van der Waals surface area contributed by atoms with E-state index in [0.29, 0.717) is 26.3 Å². The van der Waals surface area contributed by atoms with Crippen molar-refractivity contribution in [3.63, 3.8) is 0 Å². The van der Waals surface area contributed by atoms with Gasteiger partial charge < -0.3 is 14.7 Å². The molecule has 9 heteroatoms. The van der Waals surface area contributed by atoms with Crippen molar-refractivity contribution in [3.8, 4) is 0 Å². The Hall–Kier alpha value is -0.740. The minimum Gasteiger partial charge on any atom is -0.390 e. The summed E-state index contributed by atoms with van der Waals surface area (Å²) in [5.74, 6) is -0.0937. The van der Waals surface area contributed by atoms with E-state index in [2.05, 4.69) is 4.72 Å². The SMILES string of the molecule is CS(=O)(=O)N[C@@H]1CN(C(=O)CN2CCOCC2)C[C@H]1O. The fraction of sp³-hybridized carbons (Fsp3) is 0.909. The highest BCUT2D eigenvalue weighted by atomic mass is 32.2. The molecule has 2 heterocycles. The lowest BCUT2D eigenvalue weighted by molar-refractivity contribution is -0.132. The number of nitrogens with zero attached hydrogens (tertiary/aromatic N) is 2. The van der Waals surface area contributed by atoms with Gasteiger partial charge in [-0.15, -0.1) is 0 Å². The van der Waals surface area contributed by atoms with Crippen LogP contribution in [0.3, 0.4) is 0 Å². The van der Waals surface area contributed by atoms with Gasteiger partial charge in [0.1, 0.15) is 0 Å². The Morgan fingerprint density at radius 3 is 2.60 bits per heavy atom. The second-order valence-corrected chi connectivity index (χ2v) is 7.03.